The van der Waals surface area contributed by atoms with Crippen LogP contribution in [0.3, 0.4) is 0 Å². The van der Waals surface area contributed by atoms with Gasteiger partial charge in [0.1, 0.15) is 6.10 Å². The summed E-state index contributed by atoms with van der Waals surface area (Å²) in [6.45, 7) is 2.24. The largest absolute Gasteiger partial charge is 0.493 e. The van der Waals surface area contributed by atoms with Gasteiger partial charge in [-0.3, -0.25) is 9.69 Å². The number of carbonyl (C=O) groups is 1. The third kappa shape index (κ3) is 1.65. The molecule has 5 aliphatic carbocycles. The van der Waals surface area contributed by atoms with Gasteiger partial charge in [-0.05, 0) is 55.9 Å². The lowest BCUT2D eigenvalue weighted by atomic mass is 9.38. The number of rotatable bonds is 4. The molecule has 8 rings (SSSR count). The van der Waals surface area contributed by atoms with Crippen LogP contribution in [0.2, 0.25) is 0 Å². The first kappa shape index (κ1) is 16.9. The molecule has 152 valence electrons. The molecule has 1 saturated heterocycles. The number of hydrogen-bond donors (Lipinski definition) is 0. The van der Waals surface area contributed by atoms with Crippen molar-refractivity contribution in [2.24, 2.45) is 11.3 Å². The SMILES string of the molecule is COc1ccc2c3c1O[C@@H]1[C@]34CCN(CC3CC3)[C@H](C2)[C@]42C=C[C@@]1(OC)C(=O)C2. The second kappa shape index (κ2) is 5.06. The van der Waals surface area contributed by atoms with E-state index in [1.165, 1.54) is 30.5 Å². The summed E-state index contributed by atoms with van der Waals surface area (Å²) in [6.07, 6.45) is 9.35. The number of carbonyl (C=O) groups excluding carboxylic acids is 1. The quantitative estimate of drug-likeness (QED) is 0.736. The summed E-state index contributed by atoms with van der Waals surface area (Å²) in [6, 6.07) is 4.63. The lowest BCUT2D eigenvalue weighted by Crippen LogP contribution is -2.79. The van der Waals surface area contributed by atoms with E-state index >= 15 is 0 Å². The number of benzene rings is 1. The summed E-state index contributed by atoms with van der Waals surface area (Å²) in [5.41, 5.74) is 1.30. The molecule has 1 aromatic rings. The fourth-order valence-electron chi connectivity index (χ4n) is 7.67. The Balaban J connectivity index is 1.52. The second-order valence-electron chi connectivity index (χ2n) is 9.98. The zero-order chi connectivity index (χ0) is 19.6. The molecule has 2 spiro atoms. The third-order valence-corrected chi connectivity index (χ3v) is 9.06. The molecule has 0 unspecified atom stereocenters. The van der Waals surface area contributed by atoms with Crippen molar-refractivity contribution in [3.05, 3.63) is 35.4 Å². The molecule has 2 aliphatic heterocycles. The summed E-state index contributed by atoms with van der Waals surface area (Å²) < 4.78 is 18.4. The van der Waals surface area contributed by atoms with Crippen molar-refractivity contribution in [1.82, 2.24) is 4.90 Å². The molecule has 0 N–H and O–H groups in total. The van der Waals surface area contributed by atoms with E-state index in [0.29, 0.717) is 12.5 Å². The number of fused-ring (bicyclic) bond motifs is 1. The molecule has 0 amide bonds. The van der Waals surface area contributed by atoms with Gasteiger partial charge in [-0.15, -0.1) is 0 Å². The summed E-state index contributed by atoms with van der Waals surface area (Å²) in [4.78, 5) is 16.2. The lowest BCUT2D eigenvalue weighted by molar-refractivity contribution is -0.193. The van der Waals surface area contributed by atoms with Crippen LogP contribution in [0.5, 0.6) is 11.5 Å². The van der Waals surface area contributed by atoms with Crippen LogP contribution >= 0.6 is 0 Å². The minimum absolute atomic E-state index is 0.177. The van der Waals surface area contributed by atoms with Crippen molar-refractivity contribution in [2.75, 3.05) is 27.3 Å². The summed E-state index contributed by atoms with van der Waals surface area (Å²) in [5, 5.41) is 0. The van der Waals surface area contributed by atoms with Crippen molar-refractivity contribution in [3.63, 3.8) is 0 Å². The smallest absolute Gasteiger partial charge is 0.181 e. The molecule has 29 heavy (non-hydrogen) atoms. The fourth-order valence-corrected chi connectivity index (χ4v) is 7.67. The molecule has 5 heteroatoms. The first-order valence-electron chi connectivity index (χ1n) is 11.0. The highest BCUT2D eigenvalue weighted by atomic mass is 16.6. The number of hydrogen-bond acceptors (Lipinski definition) is 5. The Morgan fingerprint density at radius 1 is 1.24 bits per heavy atom. The Kier molecular flexibility index (Phi) is 2.95. The second-order valence-corrected chi connectivity index (χ2v) is 9.98. The summed E-state index contributed by atoms with van der Waals surface area (Å²) >= 11 is 0. The number of likely N-dealkylation sites (tertiary alicyclic amines) is 1. The standard InChI is InChI=1S/C24H27NO4/c1-27-16-6-5-15-11-17-22-7-8-24(28-2,18(26)12-22)21-23(22,19(15)20(16)29-21)9-10-25(17)13-14-3-4-14/h5-8,14,17,21H,3-4,9-13H2,1-2H3/t17-,21-,22-,23+,24-/m1/s1. The van der Waals surface area contributed by atoms with Gasteiger partial charge in [0.25, 0.3) is 0 Å². The average Bonchev–Trinajstić information content (AvgIpc) is 3.47. The van der Waals surface area contributed by atoms with Gasteiger partial charge in [-0.25, -0.2) is 0 Å². The van der Waals surface area contributed by atoms with Crippen LogP contribution in [0.4, 0.5) is 0 Å². The molecule has 4 bridgehead atoms. The first-order valence-corrected chi connectivity index (χ1v) is 11.0. The van der Waals surface area contributed by atoms with Crippen LogP contribution in [0, 0.1) is 11.3 Å². The number of piperidine rings is 1. The summed E-state index contributed by atoms with van der Waals surface area (Å²) in [5.74, 6) is 2.65. The van der Waals surface area contributed by atoms with E-state index < -0.39 is 5.60 Å². The van der Waals surface area contributed by atoms with Crippen LogP contribution in [0.1, 0.15) is 36.8 Å². The van der Waals surface area contributed by atoms with Gasteiger partial charge in [0, 0.05) is 37.1 Å². The molecule has 2 heterocycles. The van der Waals surface area contributed by atoms with Crippen LogP contribution in [0.15, 0.2) is 24.3 Å². The van der Waals surface area contributed by atoms with E-state index in [1.54, 1.807) is 14.2 Å². The molecular weight excluding hydrogens is 366 g/mol. The van der Waals surface area contributed by atoms with E-state index in [0.717, 1.165) is 36.8 Å². The summed E-state index contributed by atoms with van der Waals surface area (Å²) in [7, 11) is 3.36. The van der Waals surface area contributed by atoms with Gasteiger partial charge < -0.3 is 14.2 Å². The van der Waals surface area contributed by atoms with Crippen molar-refractivity contribution in [1.29, 1.82) is 0 Å². The van der Waals surface area contributed by atoms with Crippen LogP contribution in [-0.4, -0.2) is 55.7 Å². The van der Waals surface area contributed by atoms with E-state index in [1.807, 2.05) is 12.1 Å². The van der Waals surface area contributed by atoms with Crippen molar-refractivity contribution in [2.45, 2.75) is 55.3 Å². The van der Waals surface area contributed by atoms with Gasteiger partial charge in [0.2, 0.25) is 0 Å². The Hall–Kier alpha value is -1.85. The van der Waals surface area contributed by atoms with Crippen molar-refractivity contribution < 1.29 is 19.0 Å². The Labute approximate surface area is 171 Å². The van der Waals surface area contributed by atoms with Gasteiger partial charge in [-0.2, -0.15) is 0 Å². The molecule has 1 aromatic carbocycles. The van der Waals surface area contributed by atoms with E-state index in [9.17, 15) is 4.79 Å². The molecule has 0 radical (unpaired) electrons. The van der Waals surface area contributed by atoms with Crippen LogP contribution in [0.25, 0.3) is 0 Å². The molecule has 0 aromatic heterocycles. The maximum absolute atomic E-state index is 13.5. The predicted molar refractivity (Wildman–Crippen MR) is 106 cm³/mol. The van der Waals surface area contributed by atoms with Gasteiger partial charge in [0.05, 0.1) is 12.5 Å². The minimum atomic E-state index is -0.983. The van der Waals surface area contributed by atoms with Gasteiger partial charge in [0.15, 0.2) is 22.9 Å². The Bertz CT molecular complexity index is 983. The third-order valence-electron chi connectivity index (χ3n) is 9.06. The van der Waals surface area contributed by atoms with Gasteiger partial charge >= 0.3 is 0 Å². The topological polar surface area (TPSA) is 48.0 Å². The maximum atomic E-state index is 13.5. The highest BCUT2D eigenvalue weighted by Crippen LogP contribution is 2.73. The number of methoxy groups -OCH3 is 2. The number of Topliss-reactive ketones (excluding diaryl/α,β-unsaturated/α-hetero) is 1. The highest BCUT2D eigenvalue weighted by molar-refractivity contribution is 5.96. The van der Waals surface area contributed by atoms with Gasteiger partial charge in [-0.1, -0.05) is 12.1 Å². The molecule has 5 nitrogen and oxygen atoms in total. The lowest BCUT2D eigenvalue weighted by Gasteiger charge is -2.68. The van der Waals surface area contributed by atoms with Crippen molar-refractivity contribution >= 4 is 5.78 Å². The van der Waals surface area contributed by atoms with Crippen molar-refractivity contribution in [3.8, 4) is 11.5 Å². The number of ketones is 1. The molecule has 2 saturated carbocycles. The normalized spacial score (nSPS) is 43.3. The predicted octanol–water partition coefficient (Wildman–Crippen LogP) is 2.65. The minimum Gasteiger partial charge on any atom is -0.493 e. The Morgan fingerprint density at radius 2 is 2.10 bits per heavy atom. The molecular formula is C24H27NO4. The Morgan fingerprint density at radius 3 is 2.83 bits per heavy atom. The number of nitrogens with zero attached hydrogens (tertiary/aromatic N) is 1. The van der Waals surface area contributed by atoms with Crippen LogP contribution in [-0.2, 0) is 21.4 Å². The zero-order valence-corrected chi connectivity index (χ0v) is 17.1. The number of ether oxygens (including phenoxy) is 3. The molecule has 5 atom stereocenters. The van der Waals surface area contributed by atoms with E-state index in [4.69, 9.17) is 14.2 Å². The zero-order valence-electron chi connectivity index (χ0n) is 17.1. The van der Waals surface area contributed by atoms with E-state index in [-0.39, 0.29) is 22.7 Å². The fraction of sp³-hybridized carbons (Fsp3) is 0.625. The average molecular weight is 393 g/mol. The highest BCUT2D eigenvalue weighted by Gasteiger charge is 2.79. The first-order chi connectivity index (χ1) is 14.1. The van der Waals surface area contributed by atoms with E-state index in [2.05, 4.69) is 17.0 Å². The monoisotopic (exact) mass is 393 g/mol. The maximum Gasteiger partial charge on any atom is 0.181 e. The van der Waals surface area contributed by atoms with Crippen LogP contribution < -0.4 is 9.47 Å². The molecule has 3 fully saturated rings. The molecule has 7 aliphatic rings.